The van der Waals surface area contributed by atoms with Crippen LogP contribution in [0.4, 0.5) is 5.69 Å². The fraction of sp³-hybridized carbons (Fsp3) is 0.231. The van der Waals surface area contributed by atoms with Crippen molar-refractivity contribution in [3.05, 3.63) is 71.1 Å². The van der Waals surface area contributed by atoms with Gasteiger partial charge < -0.3 is 14.5 Å². The summed E-state index contributed by atoms with van der Waals surface area (Å²) in [6.07, 6.45) is 3.33. The lowest BCUT2D eigenvalue weighted by atomic mass is 9.98. The first-order valence-electron chi connectivity index (χ1n) is 10.4. The zero-order chi connectivity index (χ0) is 22.1. The second-order valence-electron chi connectivity index (χ2n) is 7.67. The first-order chi connectivity index (χ1) is 14.9. The number of pyridine rings is 1. The molecule has 0 fully saturated rings. The van der Waals surface area contributed by atoms with Gasteiger partial charge >= 0.3 is 0 Å². The van der Waals surface area contributed by atoms with Crippen molar-refractivity contribution < 1.29 is 13.9 Å². The maximum absolute atomic E-state index is 12.9. The molecule has 0 bridgehead atoms. The van der Waals surface area contributed by atoms with E-state index in [1.807, 2.05) is 65.0 Å². The van der Waals surface area contributed by atoms with Gasteiger partial charge in [0.25, 0.3) is 0 Å². The fourth-order valence-electron chi connectivity index (χ4n) is 3.88. The van der Waals surface area contributed by atoms with E-state index in [0.717, 1.165) is 55.6 Å². The summed E-state index contributed by atoms with van der Waals surface area (Å²) in [5.74, 6) is 1.42. The molecular formula is C26H26N2O3. The number of hydrogen-bond acceptors (Lipinski definition) is 4. The van der Waals surface area contributed by atoms with Crippen LogP contribution in [0.25, 0.3) is 27.4 Å². The van der Waals surface area contributed by atoms with Crippen molar-refractivity contribution in [1.29, 1.82) is 0 Å². The van der Waals surface area contributed by atoms with E-state index in [0.29, 0.717) is 12.3 Å². The lowest BCUT2D eigenvalue weighted by Gasteiger charge is -2.14. The second-order valence-corrected chi connectivity index (χ2v) is 7.67. The van der Waals surface area contributed by atoms with Crippen LogP contribution < -0.4 is 10.1 Å². The SMILES string of the molecule is CCOc1c(/C(C)=C/C(=O)Nc2cccc3cccnc23)cc2c(C)c(C)oc2c1C. The molecular weight excluding hydrogens is 388 g/mol. The van der Waals surface area contributed by atoms with Crippen molar-refractivity contribution in [1.82, 2.24) is 4.98 Å². The normalized spacial score (nSPS) is 11.8. The van der Waals surface area contributed by atoms with Crippen molar-refractivity contribution in [3.63, 3.8) is 0 Å². The zero-order valence-electron chi connectivity index (χ0n) is 18.5. The van der Waals surface area contributed by atoms with Crippen molar-refractivity contribution in [3.8, 4) is 5.75 Å². The number of benzene rings is 2. The summed E-state index contributed by atoms with van der Waals surface area (Å²) in [4.78, 5) is 17.3. The van der Waals surface area contributed by atoms with Gasteiger partial charge in [0.2, 0.25) is 5.91 Å². The van der Waals surface area contributed by atoms with Crippen LogP contribution in [0.5, 0.6) is 5.75 Å². The quantitative estimate of drug-likeness (QED) is 0.387. The van der Waals surface area contributed by atoms with E-state index >= 15 is 0 Å². The fourth-order valence-corrected chi connectivity index (χ4v) is 3.88. The minimum Gasteiger partial charge on any atom is -0.493 e. The second kappa shape index (κ2) is 8.26. The van der Waals surface area contributed by atoms with E-state index in [2.05, 4.69) is 16.4 Å². The Morgan fingerprint density at radius 1 is 1.16 bits per heavy atom. The predicted octanol–water partition coefficient (Wildman–Crippen LogP) is 6.35. The molecule has 5 heteroatoms. The molecule has 31 heavy (non-hydrogen) atoms. The molecule has 0 aliphatic heterocycles. The van der Waals surface area contributed by atoms with Crippen LogP contribution in [0.2, 0.25) is 0 Å². The maximum atomic E-state index is 12.9. The van der Waals surface area contributed by atoms with E-state index in [4.69, 9.17) is 9.15 Å². The number of carbonyl (C=O) groups excluding carboxylic acids is 1. The van der Waals surface area contributed by atoms with Gasteiger partial charge in [-0.1, -0.05) is 18.2 Å². The molecule has 0 atom stereocenters. The number of rotatable bonds is 5. The first-order valence-corrected chi connectivity index (χ1v) is 10.4. The number of hydrogen-bond donors (Lipinski definition) is 1. The monoisotopic (exact) mass is 414 g/mol. The molecule has 0 radical (unpaired) electrons. The molecule has 0 saturated carbocycles. The number of furan rings is 1. The van der Waals surface area contributed by atoms with Crippen molar-refractivity contribution >= 4 is 39.0 Å². The number of nitrogens with one attached hydrogen (secondary N) is 1. The summed E-state index contributed by atoms with van der Waals surface area (Å²) in [5, 5.41) is 4.99. The van der Waals surface area contributed by atoms with Gasteiger partial charge in [0.15, 0.2) is 0 Å². The number of allylic oxidation sites excluding steroid dienone is 1. The topological polar surface area (TPSA) is 64.4 Å². The van der Waals surface area contributed by atoms with Gasteiger partial charge in [-0.25, -0.2) is 0 Å². The highest BCUT2D eigenvalue weighted by atomic mass is 16.5. The Bertz CT molecular complexity index is 1330. The van der Waals surface area contributed by atoms with Crippen LogP contribution >= 0.6 is 0 Å². The third-order valence-corrected chi connectivity index (χ3v) is 5.60. The van der Waals surface area contributed by atoms with Gasteiger partial charge in [0, 0.05) is 34.2 Å². The van der Waals surface area contributed by atoms with Crippen LogP contribution in [0.15, 0.2) is 53.1 Å². The molecule has 0 spiro atoms. The average Bonchev–Trinajstić information content (AvgIpc) is 3.04. The van der Waals surface area contributed by atoms with Crippen LogP contribution in [0, 0.1) is 20.8 Å². The average molecular weight is 415 g/mol. The molecule has 1 amide bonds. The van der Waals surface area contributed by atoms with Gasteiger partial charge in [-0.15, -0.1) is 0 Å². The molecule has 0 saturated heterocycles. The number of aromatic nitrogens is 1. The van der Waals surface area contributed by atoms with Gasteiger partial charge in [0.1, 0.15) is 17.1 Å². The summed E-state index contributed by atoms with van der Waals surface area (Å²) in [5.41, 5.74) is 6.03. The van der Waals surface area contributed by atoms with Crippen molar-refractivity contribution in [2.45, 2.75) is 34.6 Å². The molecule has 4 rings (SSSR count). The number of amides is 1. The van der Waals surface area contributed by atoms with Crippen LogP contribution in [-0.2, 0) is 4.79 Å². The highest BCUT2D eigenvalue weighted by Gasteiger charge is 2.19. The summed E-state index contributed by atoms with van der Waals surface area (Å²) < 4.78 is 11.9. The molecule has 4 aromatic rings. The number of ether oxygens (including phenoxy) is 1. The molecule has 2 heterocycles. The number of para-hydroxylation sites is 1. The third-order valence-electron chi connectivity index (χ3n) is 5.60. The Labute approximate surface area is 181 Å². The van der Waals surface area contributed by atoms with Crippen LogP contribution in [0.3, 0.4) is 0 Å². The Morgan fingerprint density at radius 3 is 2.71 bits per heavy atom. The Kier molecular flexibility index (Phi) is 5.51. The van der Waals surface area contributed by atoms with Gasteiger partial charge in [0.05, 0.1) is 17.8 Å². The Morgan fingerprint density at radius 2 is 1.94 bits per heavy atom. The van der Waals surface area contributed by atoms with E-state index < -0.39 is 0 Å². The van der Waals surface area contributed by atoms with E-state index in [1.165, 1.54) is 0 Å². The largest absolute Gasteiger partial charge is 0.493 e. The standard InChI is InChI=1S/C26H26N2O3/c1-6-30-25-17(4)26-21(16(3)18(5)31-26)14-20(25)15(2)13-23(29)28-22-11-7-9-19-10-8-12-27-24(19)22/h7-14H,6H2,1-5H3,(H,28,29)/b15-13+. The Balaban J connectivity index is 1.74. The summed E-state index contributed by atoms with van der Waals surface area (Å²) in [6, 6.07) is 11.6. The van der Waals surface area contributed by atoms with E-state index in [9.17, 15) is 4.79 Å². The van der Waals surface area contributed by atoms with E-state index in [1.54, 1.807) is 12.3 Å². The minimum absolute atomic E-state index is 0.212. The van der Waals surface area contributed by atoms with Crippen molar-refractivity contribution in [2.75, 3.05) is 11.9 Å². The predicted molar refractivity (Wildman–Crippen MR) is 126 cm³/mol. The van der Waals surface area contributed by atoms with Gasteiger partial charge in [-0.2, -0.15) is 0 Å². The van der Waals surface area contributed by atoms with Crippen molar-refractivity contribution in [2.24, 2.45) is 0 Å². The van der Waals surface area contributed by atoms with Crippen LogP contribution in [-0.4, -0.2) is 17.5 Å². The minimum atomic E-state index is -0.212. The molecule has 0 aliphatic carbocycles. The Hall–Kier alpha value is -3.60. The van der Waals surface area contributed by atoms with Crippen LogP contribution in [0.1, 0.15) is 36.3 Å². The molecule has 1 N–H and O–H groups in total. The summed E-state index contributed by atoms with van der Waals surface area (Å²) in [6.45, 7) is 10.4. The number of carbonyl (C=O) groups is 1. The van der Waals surface area contributed by atoms with Gasteiger partial charge in [-0.05, 0) is 64.0 Å². The first kappa shape index (κ1) is 20.7. The molecule has 0 unspecified atom stereocenters. The third kappa shape index (κ3) is 3.79. The highest BCUT2D eigenvalue weighted by Crippen LogP contribution is 2.39. The highest BCUT2D eigenvalue weighted by molar-refractivity contribution is 6.08. The number of nitrogens with zero attached hydrogens (tertiary/aromatic N) is 1. The summed E-state index contributed by atoms with van der Waals surface area (Å²) in [7, 11) is 0. The molecule has 0 aliphatic rings. The summed E-state index contributed by atoms with van der Waals surface area (Å²) >= 11 is 0. The number of aryl methyl sites for hydroxylation is 3. The zero-order valence-corrected chi connectivity index (χ0v) is 18.5. The molecule has 5 nitrogen and oxygen atoms in total. The lowest BCUT2D eigenvalue weighted by molar-refractivity contribution is -0.111. The molecule has 158 valence electrons. The molecule has 2 aromatic heterocycles. The number of anilines is 1. The van der Waals surface area contributed by atoms with Gasteiger partial charge in [-0.3, -0.25) is 9.78 Å². The molecule has 2 aromatic carbocycles. The van der Waals surface area contributed by atoms with E-state index in [-0.39, 0.29) is 5.91 Å². The number of fused-ring (bicyclic) bond motifs is 2. The maximum Gasteiger partial charge on any atom is 0.248 e. The smallest absolute Gasteiger partial charge is 0.248 e. The lowest BCUT2D eigenvalue weighted by Crippen LogP contribution is -2.09.